The smallest absolute Gasteiger partial charge is 0.278 e. The molecule has 1 fully saturated rings. The van der Waals surface area contributed by atoms with E-state index >= 15 is 0 Å². The quantitative estimate of drug-likeness (QED) is 0.406. The summed E-state index contributed by atoms with van der Waals surface area (Å²) in [5.74, 6) is -0.660. The lowest BCUT2D eigenvalue weighted by Gasteiger charge is -2.19. The second-order valence-corrected chi connectivity index (χ2v) is 4.79. The van der Waals surface area contributed by atoms with Crippen molar-refractivity contribution in [1.82, 2.24) is 9.97 Å². The SMILES string of the molecule is Nc1nc2c(c(=O)[nH]1)N=C[C@@H]2[C@@H]1O[C@H](CO)[C@H](O)[C@@H]1O. The molecular weight excluding hydrogens is 268 g/mol. The fourth-order valence-electron chi connectivity index (χ4n) is 2.55. The van der Waals surface area contributed by atoms with Gasteiger partial charge in [0.25, 0.3) is 5.56 Å². The number of aliphatic imine (C=N–C) groups is 1. The standard InChI is InChI=1S/C11H14N4O5/c12-11-14-5-3(1-13-6(5)10(19)15-11)9-8(18)7(17)4(2-16)20-9/h1,3-4,7-9,16-18H,2H2,(H3,12,14,15,19)/t3-,4+,7-,8-,9-/m0/s1. The number of H-pyrrole nitrogens is 1. The minimum absolute atomic E-state index is 0.0593. The number of nitrogen functional groups attached to an aromatic ring is 1. The summed E-state index contributed by atoms with van der Waals surface area (Å²) in [6.07, 6.45) is -2.72. The summed E-state index contributed by atoms with van der Waals surface area (Å²) < 4.78 is 5.42. The molecule has 0 unspecified atom stereocenters. The van der Waals surface area contributed by atoms with Gasteiger partial charge in [-0.05, 0) is 0 Å². The van der Waals surface area contributed by atoms with E-state index in [0.717, 1.165) is 0 Å². The lowest BCUT2D eigenvalue weighted by atomic mass is 9.95. The maximum Gasteiger partial charge on any atom is 0.278 e. The number of rotatable bonds is 2. The first-order valence-electron chi connectivity index (χ1n) is 6.09. The van der Waals surface area contributed by atoms with E-state index in [0.29, 0.717) is 5.69 Å². The third-order valence-corrected chi connectivity index (χ3v) is 3.55. The summed E-state index contributed by atoms with van der Waals surface area (Å²) in [5, 5.41) is 28.8. The Balaban J connectivity index is 1.96. The maximum atomic E-state index is 11.7. The topological polar surface area (TPSA) is 154 Å². The van der Waals surface area contributed by atoms with Crippen LogP contribution in [0.1, 0.15) is 11.6 Å². The monoisotopic (exact) mass is 282 g/mol. The van der Waals surface area contributed by atoms with Gasteiger partial charge in [-0.1, -0.05) is 0 Å². The third-order valence-electron chi connectivity index (χ3n) is 3.55. The van der Waals surface area contributed by atoms with Gasteiger partial charge in [0, 0.05) is 6.21 Å². The number of aromatic nitrogens is 2. The summed E-state index contributed by atoms with van der Waals surface area (Å²) in [4.78, 5) is 22.0. The highest BCUT2D eigenvalue weighted by molar-refractivity contribution is 5.80. The van der Waals surface area contributed by atoms with Crippen LogP contribution in [0.5, 0.6) is 0 Å². The minimum atomic E-state index is -1.21. The zero-order valence-electron chi connectivity index (χ0n) is 10.3. The number of ether oxygens (including phenoxy) is 1. The average Bonchev–Trinajstić information content (AvgIpc) is 2.93. The molecule has 20 heavy (non-hydrogen) atoms. The summed E-state index contributed by atoms with van der Waals surface area (Å²) in [6, 6.07) is 0. The Morgan fingerprint density at radius 1 is 1.40 bits per heavy atom. The van der Waals surface area contributed by atoms with Crippen LogP contribution in [-0.2, 0) is 4.74 Å². The number of hydrogen-bond acceptors (Lipinski definition) is 8. The number of anilines is 1. The molecule has 1 saturated heterocycles. The van der Waals surface area contributed by atoms with Crippen LogP contribution in [0.3, 0.4) is 0 Å². The van der Waals surface area contributed by atoms with Crippen LogP contribution in [-0.4, -0.2) is 62.5 Å². The van der Waals surface area contributed by atoms with Crippen molar-refractivity contribution in [1.29, 1.82) is 0 Å². The molecule has 108 valence electrons. The van der Waals surface area contributed by atoms with Crippen LogP contribution >= 0.6 is 0 Å². The number of nitrogens with one attached hydrogen (secondary N) is 1. The van der Waals surface area contributed by atoms with E-state index < -0.39 is 42.5 Å². The lowest BCUT2D eigenvalue weighted by molar-refractivity contribution is -0.0237. The van der Waals surface area contributed by atoms with Gasteiger partial charge in [-0.3, -0.25) is 14.8 Å². The molecule has 1 aromatic rings. The van der Waals surface area contributed by atoms with Crippen molar-refractivity contribution >= 4 is 17.9 Å². The summed E-state index contributed by atoms with van der Waals surface area (Å²) in [6.45, 7) is -0.420. The molecule has 1 aromatic heterocycles. The predicted molar refractivity (Wildman–Crippen MR) is 67.9 cm³/mol. The van der Waals surface area contributed by atoms with E-state index in [-0.39, 0.29) is 11.6 Å². The van der Waals surface area contributed by atoms with E-state index in [1.165, 1.54) is 6.21 Å². The van der Waals surface area contributed by atoms with Gasteiger partial charge < -0.3 is 25.8 Å². The van der Waals surface area contributed by atoms with Crippen molar-refractivity contribution in [2.75, 3.05) is 12.3 Å². The van der Waals surface area contributed by atoms with Crippen LogP contribution in [0.25, 0.3) is 0 Å². The molecule has 5 atom stereocenters. The molecule has 0 aliphatic carbocycles. The van der Waals surface area contributed by atoms with Gasteiger partial charge in [0.1, 0.15) is 24.4 Å². The molecule has 6 N–H and O–H groups in total. The highest BCUT2D eigenvalue weighted by atomic mass is 16.6. The molecule has 3 heterocycles. The molecule has 0 saturated carbocycles. The van der Waals surface area contributed by atoms with Crippen LogP contribution in [0.15, 0.2) is 9.79 Å². The molecule has 9 heteroatoms. The second kappa shape index (κ2) is 4.63. The Kier molecular flexibility index (Phi) is 3.05. The molecular formula is C11H14N4O5. The highest BCUT2D eigenvalue weighted by Crippen LogP contribution is 2.36. The maximum absolute atomic E-state index is 11.7. The number of aliphatic hydroxyl groups is 3. The summed E-state index contributed by atoms with van der Waals surface area (Å²) in [7, 11) is 0. The summed E-state index contributed by atoms with van der Waals surface area (Å²) >= 11 is 0. The van der Waals surface area contributed by atoms with Crippen LogP contribution in [0.4, 0.5) is 11.6 Å². The van der Waals surface area contributed by atoms with Crippen molar-refractivity contribution in [3.8, 4) is 0 Å². The average molecular weight is 282 g/mol. The lowest BCUT2D eigenvalue weighted by Crippen LogP contribution is -2.36. The van der Waals surface area contributed by atoms with E-state index in [9.17, 15) is 15.0 Å². The van der Waals surface area contributed by atoms with Gasteiger partial charge in [-0.2, -0.15) is 0 Å². The Morgan fingerprint density at radius 2 is 2.15 bits per heavy atom. The first-order valence-corrected chi connectivity index (χ1v) is 6.09. The highest BCUT2D eigenvalue weighted by Gasteiger charge is 2.48. The Labute approximate surface area is 112 Å². The molecule has 0 aromatic carbocycles. The molecule has 0 amide bonds. The van der Waals surface area contributed by atoms with Crippen LogP contribution in [0, 0.1) is 0 Å². The number of hydrogen-bond donors (Lipinski definition) is 5. The van der Waals surface area contributed by atoms with Gasteiger partial charge in [0.15, 0.2) is 5.69 Å². The number of nitrogens with zero attached hydrogens (tertiary/aromatic N) is 2. The first-order chi connectivity index (χ1) is 9.52. The van der Waals surface area contributed by atoms with E-state index in [1.807, 2.05) is 0 Å². The Hall–Kier alpha value is -1.81. The zero-order valence-corrected chi connectivity index (χ0v) is 10.3. The largest absolute Gasteiger partial charge is 0.394 e. The van der Waals surface area contributed by atoms with Crippen molar-refractivity contribution in [3.63, 3.8) is 0 Å². The fourth-order valence-corrected chi connectivity index (χ4v) is 2.55. The fraction of sp³-hybridized carbons (Fsp3) is 0.545. The number of aromatic amines is 1. The summed E-state index contributed by atoms with van der Waals surface area (Å²) in [5.41, 5.74) is 5.42. The molecule has 2 aliphatic rings. The Bertz CT molecular complexity index is 615. The van der Waals surface area contributed by atoms with Gasteiger partial charge in [-0.25, -0.2) is 4.98 Å². The normalized spacial score (nSPS) is 35.5. The first kappa shape index (κ1) is 13.2. The predicted octanol–water partition coefficient (Wildman–Crippen LogP) is -2.37. The zero-order chi connectivity index (χ0) is 14.4. The van der Waals surface area contributed by atoms with Gasteiger partial charge in [0.05, 0.1) is 18.2 Å². The van der Waals surface area contributed by atoms with Crippen molar-refractivity contribution in [2.45, 2.75) is 30.3 Å². The second-order valence-electron chi connectivity index (χ2n) is 4.79. The van der Waals surface area contributed by atoms with Crippen molar-refractivity contribution in [2.24, 2.45) is 4.99 Å². The number of fused-ring (bicyclic) bond motifs is 1. The van der Waals surface area contributed by atoms with E-state index in [2.05, 4.69) is 15.0 Å². The molecule has 0 bridgehead atoms. The van der Waals surface area contributed by atoms with Gasteiger partial charge in [-0.15, -0.1) is 0 Å². The van der Waals surface area contributed by atoms with Crippen molar-refractivity contribution in [3.05, 3.63) is 16.0 Å². The minimum Gasteiger partial charge on any atom is -0.394 e. The molecule has 9 nitrogen and oxygen atoms in total. The molecule has 0 spiro atoms. The van der Waals surface area contributed by atoms with Gasteiger partial charge in [0.2, 0.25) is 5.95 Å². The van der Waals surface area contributed by atoms with Crippen LogP contribution in [0.2, 0.25) is 0 Å². The van der Waals surface area contributed by atoms with E-state index in [4.69, 9.17) is 15.6 Å². The van der Waals surface area contributed by atoms with Gasteiger partial charge >= 0.3 is 0 Å². The third kappa shape index (κ3) is 1.83. The molecule has 2 aliphatic heterocycles. The number of aliphatic hydroxyl groups excluding tert-OH is 3. The molecule has 0 radical (unpaired) electrons. The number of nitrogens with two attached hydrogens (primary N) is 1. The Morgan fingerprint density at radius 3 is 2.80 bits per heavy atom. The molecule has 3 rings (SSSR count). The van der Waals surface area contributed by atoms with E-state index in [1.54, 1.807) is 0 Å². The van der Waals surface area contributed by atoms with Crippen LogP contribution < -0.4 is 11.3 Å². The van der Waals surface area contributed by atoms with Crippen molar-refractivity contribution < 1.29 is 20.1 Å².